The summed E-state index contributed by atoms with van der Waals surface area (Å²) in [5, 5.41) is 9.53. The van der Waals surface area contributed by atoms with Gasteiger partial charge >= 0.3 is 0 Å². The van der Waals surface area contributed by atoms with Gasteiger partial charge < -0.3 is 10.6 Å². The number of hydrogen-bond donors (Lipinski definition) is 1. The third kappa shape index (κ3) is 3.90. The van der Waals surface area contributed by atoms with Gasteiger partial charge in [0.25, 0.3) is 0 Å². The molecule has 0 heterocycles. The maximum atomic E-state index is 8.92. The Labute approximate surface area is 130 Å². The highest BCUT2D eigenvalue weighted by Gasteiger charge is 2.11. The molecule has 0 aliphatic heterocycles. The summed E-state index contributed by atoms with van der Waals surface area (Å²) in [6.07, 6.45) is 1.01. The molecule has 3 nitrogen and oxygen atoms in total. The van der Waals surface area contributed by atoms with Crippen LogP contribution in [0.25, 0.3) is 0 Å². The van der Waals surface area contributed by atoms with Gasteiger partial charge in [0.2, 0.25) is 0 Å². The lowest BCUT2D eigenvalue weighted by atomic mass is 10.1. The molecule has 2 N–H and O–H groups in total. The summed E-state index contributed by atoms with van der Waals surface area (Å²) >= 11 is 6.32. The number of anilines is 2. The third-order valence-electron chi connectivity index (χ3n) is 3.24. The van der Waals surface area contributed by atoms with Crippen molar-refractivity contribution >= 4 is 23.0 Å². The number of nitrogens with two attached hydrogens (primary N) is 1. The van der Waals surface area contributed by atoms with Crippen molar-refractivity contribution in [3.63, 3.8) is 0 Å². The van der Waals surface area contributed by atoms with E-state index in [1.165, 1.54) is 0 Å². The van der Waals surface area contributed by atoms with Crippen LogP contribution < -0.4 is 10.6 Å². The highest BCUT2D eigenvalue weighted by molar-refractivity contribution is 6.33. The first-order valence-electron chi connectivity index (χ1n) is 6.93. The molecule has 0 aliphatic carbocycles. The van der Waals surface area contributed by atoms with Crippen molar-refractivity contribution in [2.24, 2.45) is 0 Å². The van der Waals surface area contributed by atoms with E-state index in [0.717, 1.165) is 36.4 Å². The van der Waals surface area contributed by atoms with Crippen molar-refractivity contribution in [2.45, 2.75) is 19.9 Å². The van der Waals surface area contributed by atoms with E-state index in [9.17, 15) is 0 Å². The number of halogens is 1. The van der Waals surface area contributed by atoms with Crippen molar-refractivity contribution in [3.8, 4) is 6.07 Å². The molecule has 0 amide bonds. The quantitative estimate of drug-likeness (QED) is 0.841. The lowest BCUT2D eigenvalue weighted by molar-refractivity contribution is 0.767. The summed E-state index contributed by atoms with van der Waals surface area (Å²) in [5.74, 6) is 0. The van der Waals surface area contributed by atoms with Gasteiger partial charge in [0.15, 0.2) is 0 Å². The minimum Gasteiger partial charge on any atom is -0.399 e. The Morgan fingerprint density at radius 3 is 2.67 bits per heavy atom. The van der Waals surface area contributed by atoms with Crippen molar-refractivity contribution in [2.75, 3.05) is 17.2 Å². The van der Waals surface area contributed by atoms with Crippen LogP contribution in [-0.2, 0) is 6.54 Å². The Kier molecular flexibility index (Phi) is 5.08. The van der Waals surface area contributed by atoms with Crippen LogP contribution in [-0.4, -0.2) is 6.54 Å². The predicted octanol–water partition coefficient (Wildman–Crippen LogP) is 4.21. The molecule has 4 heteroatoms. The van der Waals surface area contributed by atoms with E-state index in [1.54, 1.807) is 12.1 Å². The first kappa shape index (κ1) is 15.2. The standard InChI is InChI=1S/C17H18ClN3/c1-2-8-21(12-14-4-3-5-15(20)9-14)17-7-6-13(11-19)10-16(17)18/h3-7,9-10H,2,8,12,20H2,1H3. The molecule has 0 saturated heterocycles. The molecule has 0 atom stereocenters. The van der Waals surface area contributed by atoms with Crippen molar-refractivity contribution < 1.29 is 0 Å². The molecule has 2 aromatic carbocycles. The van der Waals surface area contributed by atoms with Crippen LogP contribution in [0.2, 0.25) is 5.02 Å². The zero-order valence-electron chi connectivity index (χ0n) is 12.0. The SMILES string of the molecule is CCCN(Cc1cccc(N)c1)c1ccc(C#N)cc1Cl. The van der Waals surface area contributed by atoms with Gasteiger partial charge in [-0.2, -0.15) is 5.26 Å². The second-order valence-corrected chi connectivity index (χ2v) is 5.35. The number of rotatable bonds is 5. The van der Waals surface area contributed by atoms with Crippen LogP contribution in [0.3, 0.4) is 0 Å². The molecule has 0 fully saturated rings. The van der Waals surface area contributed by atoms with Gasteiger partial charge in [-0.15, -0.1) is 0 Å². The first-order valence-corrected chi connectivity index (χ1v) is 7.31. The molecule has 0 bridgehead atoms. The topological polar surface area (TPSA) is 53.0 Å². The molecular formula is C17H18ClN3. The normalized spacial score (nSPS) is 10.1. The van der Waals surface area contributed by atoms with Crippen LogP contribution >= 0.6 is 11.6 Å². The monoisotopic (exact) mass is 299 g/mol. The Morgan fingerprint density at radius 1 is 1.24 bits per heavy atom. The average molecular weight is 300 g/mol. The van der Waals surface area contributed by atoms with Crippen molar-refractivity contribution in [1.29, 1.82) is 5.26 Å². The second kappa shape index (κ2) is 7.01. The summed E-state index contributed by atoms with van der Waals surface area (Å²) in [7, 11) is 0. The summed E-state index contributed by atoms with van der Waals surface area (Å²) < 4.78 is 0. The van der Waals surface area contributed by atoms with Crippen LogP contribution in [0.15, 0.2) is 42.5 Å². The molecule has 0 aromatic heterocycles. The zero-order valence-corrected chi connectivity index (χ0v) is 12.8. The van der Waals surface area contributed by atoms with Crippen molar-refractivity contribution in [3.05, 3.63) is 58.6 Å². The molecule has 0 saturated carbocycles. The highest BCUT2D eigenvalue weighted by atomic mass is 35.5. The van der Waals surface area contributed by atoms with Gasteiger partial charge in [0.05, 0.1) is 22.3 Å². The summed E-state index contributed by atoms with van der Waals surface area (Å²) in [6, 6.07) is 15.4. The van der Waals surface area contributed by atoms with E-state index in [-0.39, 0.29) is 0 Å². The Morgan fingerprint density at radius 2 is 2.05 bits per heavy atom. The van der Waals surface area contributed by atoms with Gasteiger partial charge in [-0.25, -0.2) is 0 Å². The number of benzene rings is 2. The molecule has 108 valence electrons. The fourth-order valence-corrected chi connectivity index (χ4v) is 2.60. The van der Waals surface area contributed by atoms with E-state index < -0.39 is 0 Å². The fourth-order valence-electron chi connectivity index (χ4n) is 2.30. The average Bonchev–Trinajstić information content (AvgIpc) is 2.47. The Bertz CT molecular complexity index is 661. The molecule has 0 unspecified atom stereocenters. The van der Waals surface area contributed by atoms with Gasteiger partial charge in [0.1, 0.15) is 0 Å². The number of nitrogen functional groups attached to an aromatic ring is 1. The van der Waals surface area contributed by atoms with E-state index >= 15 is 0 Å². The highest BCUT2D eigenvalue weighted by Crippen LogP contribution is 2.28. The minimum atomic E-state index is 0.573. The molecule has 0 aliphatic rings. The zero-order chi connectivity index (χ0) is 15.2. The van der Waals surface area contributed by atoms with E-state index in [2.05, 4.69) is 24.0 Å². The second-order valence-electron chi connectivity index (χ2n) is 4.94. The summed E-state index contributed by atoms with van der Waals surface area (Å²) in [5.41, 5.74) is 9.25. The Hall–Kier alpha value is -2.18. The van der Waals surface area contributed by atoms with E-state index in [0.29, 0.717) is 10.6 Å². The van der Waals surface area contributed by atoms with Crippen LogP contribution in [0, 0.1) is 11.3 Å². The van der Waals surface area contributed by atoms with E-state index in [4.69, 9.17) is 22.6 Å². The predicted molar refractivity (Wildman–Crippen MR) is 88.4 cm³/mol. The molecule has 21 heavy (non-hydrogen) atoms. The van der Waals surface area contributed by atoms with Crippen molar-refractivity contribution in [1.82, 2.24) is 0 Å². The number of hydrogen-bond acceptors (Lipinski definition) is 3. The molecule has 0 spiro atoms. The smallest absolute Gasteiger partial charge is 0.0992 e. The number of nitriles is 1. The molecular weight excluding hydrogens is 282 g/mol. The van der Waals surface area contributed by atoms with Gasteiger partial charge in [0, 0.05) is 18.8 Å². The summed E-state index contributed by atoms with van der Waals surface area (Å²) in [6.45, 7) is 3.76. The maximum absolute atomic E-state index is 8.92. The molecule has 0 radical (unpaired) electrons. The lowest BCUT2D eigenvalue weighted by Crippen LogP contribution is -2.23. The lowest BCUT2D eigenvalue weighted by Gasteiger charge is -2.25. The van der Waals surface area contributed by atoms with E-state index in [1.807, 2.05) is 24.3 Å². The molecule has 2 rings (SSSR count). The van der Waals surface area contributed by atoms with Gasteiger partial charge in [-0.3, -0.25) is 0 Å². The van der Waals surface area contributed by atoms with Gasteiger partial charge in [-0.1, -0.05) is 30.7 Å². The summed E-state index contributed by atoms with van der Waals surface area (Å²) in [4.78, 5) is 2.21. The minimum absolute atomic E-state index is 0.573. The van der Waals surface area contributed by atoms with Gasteiger partial charge in [-0.05, 0) is 42.3 Å². The molecule has 2 aromatic rings. The maximum Gasteiger partial charge on any atom is 0.0992 e. The fraction of sp³-hybridized carbons (Fsp3) is 0.235. The third-order valence-corrected chi connectivity index (χ3v) is 3.54. The Balaban J connectivity index is 2.29. The van der Waals surface area contributed by atoms with Crippen LogP contribution in [0.1, 0.15) is 24.5 Å². The largest absolute Gasteiger partial charge is 0.399 e. The van der Waals surface area contributed by atoms with Crippen LogP contribution in [0.5, 0.6) is 0 Å². The first-order chi connectivity index (χ1) is 10.1. The number of nitrogens with zero attached hydrogens (tertiary/aromatic N) is 2. The van der Waals surface area contributed by atoms with Crippen LogP contribution in [0.4, 0.5) is 11.4 Å².